The van der Waals surface area contributed by atoms with Crippen molar-refractivity contribution < 1.29 is 9.90 Å². The molecule has 20 heavy (non-hydrogen) atoms. The zero-order valence-electron chi connectivity index (χ0n) is 11.9. The molecule has 0 spiro atoms. The van der Waals surface area contributed by atoms with Crippen LogP contribution in [0.25, 0.3) is 0 Å². The minimum atomic E-state index is -0.668. The Morgan fingerprint density at radius 1 is 1.30 bits per heavy atom. The molecule has 110 valence electrons. The van der Waals surface area contributed by atoms with Crippen LogP contribution in [0, 0.1) is 5.41 Å². The Morgan fingerprint density at radius 3 is 2.55 bits per heavy atom. The van der Waals surface area contributed by atoms with Gasteiger partial charge in [-0.05, 0) is 38.4 Å². The third-order valence-corrected chi connectivity index (χ3v) is 4.50. The molecule has 0 aliphatic carbocycles. The first kappa shape index (κ1) is 14.8. The second-order valence-corrected chi connectivity index (χ2v) is 5.51. The Balaban J connectivity index is 1.88. The lowest BCUT2D eigenvalue weighted by atomic mass is 9.76. The first-order valence-electron chi connectivity index (χ1n) is 7.19. The summed E-state index contributed by atoms with van der Waals surface area (Å²) < 4.78 is 1.69. The maximum absolute atomic E-state index is 11.6. The smallest absolute Gasteiger partial charge is 0.309 e. The van der Waals surface area contributed by atoms with E-state index in [9.17, 15) is 14.7 Å². The van der Waals surface area contributed by atoms with Crippen LogP contribution in [-0.4, -0.2) is 40.2 Å². The molecule has 1 N–H and O–H groups in total. The molecule has 5 heteroatoms. The minimum absolute atomic E-state index is 0.0120. The SMILES string of the molecule is CCC1(C(=O)O)CCN(CCn2ccccc2=O)CC1. The van der Waals surface area contributed by atoms with Gasteiger partial charge in [-0.1, -0.05) is 13.0 Å². The van der Waals surface area contributed by atoms with Gasteiger partial charge in [0.2, 0.25) is 0 Å². The minimum Gasteiger partial charge on any atom is -0.481 e. The molecule has 1 aliphatic rings. The van der Waals surface area contributed by atoms with Crippen molar-refractivity contribution in [2.45, 2.75) is 32.7 Å². The molecule has 1 aromatic rings. The second kappa shape index (κ2) is 6.22. The fourth-order valence-electron chi connectivity index (χ4n) is 2.82. The predicted molar refractivity (Wildman–Crippen MR) is 76.7 cm³/mol. The number of hydrogen-bond acceptors (Lipinski definition) is 3. The van der Waals surface area contributed by atoms with Crippen LogP contribution < -0.4 is 5.56 Å². The van der Waals surface area contributed by atoms with Gasteiger partial charge in [-0.2, -0.15) is 0 Å². The molecule has 0 saturated carbocycles. The Morgan fingerprint density at radius 2 is 2.00 bits per heavy atom. The van der Waals surface area contributed by atoms with Crippen LogP contribution in [0.5, 0.6) is 0 Å². The van der Waals surface area contributed by atoms with Gasteiger partial charge in [0, 0.05) is 25.4 Å². The van der Waals surface area contributed by atoms with Crippen molar-refractivity contribution in [3.05, 3.63) is 34.7 Å². The number of likely N-dealkylation sites (tertiary alicyclic amines) is 1. The predicted octanol–water partition coefficient (Wildman–Crippen LogP) is 1.43. The van der Waals surface area contributed by atoms with Crippen LogP contribution in [0.3, 0.4) is 0 Å². The highest BCUT2D eigenvalue weighted by atomic mass is 16.4. The van der Waals surface area contributed by atoms with Crippen molar-refractivity contribution in [1.82, 2.24) is 9.47 Å². The summed E-state index contributed by atoms with van der Waals surface area (Å²) in [6.07, 6.45) is 3.87. The summed E-state index contributed by atoms with van der Waals surface area (Å²) in [6.45, 7) is 4.99. The first-order chi connectivity index (χ1) is 9.57. The molecule has 0 bridgehead atoms. The third-order valence-electron chi connectivity index (χ3n) is 4.50. The molecule has 0 radical (unpaired) electrons. The zero-order chi connectivity index (χ0) is 14.6. The average Bonchev–Trinajstić information content (AvgIpc) is 2.47. The van der Waals surface area contributed by atoms with Crippen molar-refractivity contribution in [1.29, 1.82) is 0 Å². The first-order valence-corrected chi connectivity index (χ1v) is 7.19. The van der Waals surface area contributed by atoms with Crippen LogP contribution >= 0.6 is 0 Å². The lowest BCUT2D eigenvalue weighted by molar-refractivity contribution is -0.152. The summed E-state index contributed by atoms with van der Waals surface area (Å²) in [4.78, 5) is 25.2. The maximum Gasteiger partial charge on any atom is 0.309 e. The summed E-state index contributed by atoms with van der Waals surface area (Å²) in [5.41, 5.74) is -0.530. The van der Waals surface area contributed by atoms with Crippen molar-refractivity contribution >= 4 is 5.97 Å². The average molecular weight is 278 g/mol. The van der Waals surface area contributed by atoms with Crippen molar-refractivity contribution in [3.8, 4) is 0 Å². The number of carboxylic acid groups (broad SMARTS) is 1. The molecule has 1 aliphatic heterocycles. The Bertz CT molecular complexity index is 516. The molecule has 1 aromatic heterocycles. The highest BCUT2D eigenvalue weighted by molar-refractivity contribution is 5.74. The van der Waals surface area contributed by atoms with Gasteiger partial charge < -0.3 is 14.6 Å². The Hall–Kier alpha value is -1.62. The summed E-state index contributed by atoms with van der Waals surface area (Å²) in [5, 5.41) is 9.36. The fourth-order valence-corrected chi connectivity index (χ4v) is 2.82. The molecule has 2 rings (SSSR count). The van der Waals surface area contributed by atoms with Gasteiger partial charge in [-0.15, -0.1) is 0 Å². The molecular weight excluding hydrogens is 256 g/mol. The molecule has 0 unspecified atom stereocenters. The number of nitrogens with zero attached hydrogens (tertiary/aromatic N) is 2. The molecule has 1 fully saturated rings. The van der Waals surface area contributed by atoms with E-state index in [-0.39, 0.29) is 5.56 Å². The zero-order valence-corrected chi connectivity index (χ0v) is 11.9. The topological polar surface area (TPSA) is 62.5 Å². The number of aliphatic carboxylic acids is 1. The van der Waals surface area contributed by atoms with Crippen molar-refractivity contribution in [2.24, 2.45) is 5.41 Å². The summed E-state index contributed by atoms with van der Waals surface area (Å²) in [6, 6.07) is 5.15. The van der Waals surface area contributed by atoms with Crippen LogP contribution in [0.15, 0.2) is 29.2 Å². The van der Waals surface area contributed by atoms with E-state index in [0.29, 0.717) is 25.8 Å². The quantitative estimate of drug-likeness (QED) is 0.885. The van der Waals surface area contributed by atoms with Gasteiger partial charge in [0.1, 0.15) is 0 Å². The van der Waals surface area contributed by atoms with Crippen molar-refractivity contribution in [3.63, 3.8) is 0 Å². The maximum atomic E-state index is 11.6. The molecular formula is C15H22N2O3. The normalized spacial score (nSPS) is 18.9. The van der Waals surface area contributed by atoms with Crippen LogP contribution in [0.2, 0.25) is 0 Å². The molecule has 0 atom stereocenters. The molecule has 0 aromatic carbocycles. The second-order valence-electron chi connectivity index (χ2n) is 5.51. The van der Waals surface area contributed by atoms with E-state index in [2.05, 4.69) is 4.90 Å². The number of aromatic nitrogens is 1. The van der Waals surface area contributed by atoms with E-state index in [1.165, 1.54) is 0 Å². The van der Waals surface area contributed by atoms with Crippen LogP contribution in [-0.2, 0) is 11.3 Å². The number of hydrogen-bond donors (Lipinski definition) is 1. The van der Waals surface area contributed by atoms with Crippen molar-refractivity contribution in [2.75, 3.05) is 19.6 Å². The summed E-state index contributed by atoms with van der Waals surface area (Å²) in [7, 11) is 0. The molecule has 5 nitrogen and oxygen atoms in total. The van der Waals surface area contributed by atoms with E-state index in [1.807, 2.05) is 13.0 Å². The molecule has 0 amide bonds. The lowest BCUT2D eigenvalue weighted by Gasteiger charge is -2.38. The third kappa shape index (κ3) is 3.10. The summed E-state index contributed by atoms with van der Waals surface area (Å²) >= 11 is 0. The highest BCUT2D eigenvalue weighted by Gasteiger charge is 2.39. The highest BCUT2D eigenvalue weighted by Crippen LogP contribution is 2.34. The van der Waals surface area contributed by atoms with E-state index >= 15 is 0 Å². The number of rotatable bonds is 5. The van der Waals surface area contributed by atoms with E-state index in [0.717, 1.165) is 19.6 Å². The van der Waals surface area contributed by atoms with Gasteiger partial charge in [-0.25, -0.2) is 0 Å². The van der Waals surface area contributed by atoms with Gasteiger partial charge >= 0.3 is 5.97 Å². The number of carboxylic acids is 1. The Kier molecular flexibility index (Phi) is 4.60. The van der Waals surface area contributed by atoms with Gasteiger partial charge in [-0.3, -0.25) is 9.59 Å². The van der Waals surface area contributed by atoms with E-state index < -0.39 is 11.4 Å². The Labute approximate surface area is 118 Å². The molecule has 1 saturated heterocycles. The largest absolute Gasteiger partial charge is 0.481 e. The summed E-state index contributed by atoms with van der Waals surface area (Å²) in [5.74, 6) is -0.668. The number of piperidine rings is 1. The van der Waals surface area contributed by atoms with Crippen LogP contribution in [0.4, 0.5) is 0 Å². The van der Waals surface area contributed by atoms with E-state index in [1.54, 1.807) is 22.9 Å². The fraction of sp³-hybridized carbons (Fsp3) is 0.600. The molecule has 2 heterocycles. The van der Waals surface area contributed by atoms with Gasteiger partial charge in [0.05, 0.1) is 5.41 Å². The monoisotopic (exact) mass is 278 g/mol. The number of pyridine rings is 1. The standard InChI is InChI=1S/C15H22N2O3/c1-2-15(14(19)20)6-9-16(10-7-15)11-12-17-8-4-3-5-13(17)18/h3-5,8H,2,6-7,9-12H2,1H3,(H,19,20). The van der Waals surface area contributed by atoms with Crippen LogP contribution in [0.1, 0.15) is 26.2 Å². The lowest BCUT2D eigenvalue weighted by Crippen LogP contribution is -2.45. The van der Waals surface area contributed by atoms with Gasteiger partial charge in [0.15, 0.2) is 0 Å². The van der Waals surface area contributed by atoms with E-state index in [4.69, 9.17) is 0 Å². The van der Waals surface area contributed by atoms with Gasteiger partial charge in [0.25, 0.3) is 5.56 Å². The number of carbonyl (C=O) groups is 1.